The molecule has 2 saturated heterocycles. The predicted molar refractivity (Wildman–Crippen MR) is 116 cm³/mol. The van der Waals surface area contributed by atoms with Crippen molar-refractivity contribution in [2.45, 2.75) is 18.8 Å². The van der Waals surface area contributed by atoms with Gasteiger partial charge in [0.1, 0.15) is 11.6 Å². The van der Waals surface area contributed by atoms with Crippen LogP contribution in [-0.2, 0) is 4.74 Å². The fourth-order valence-electron chi connectivity index (χ4n) is 4.19. The quantitative estimate of drug-likeness (QED) is 0.698. The molecule has 1 aromatic carbocycles. The maximum absolute atomic E-state index is 12.8. The number of carbonyl (C=O) groups is 1. The third-order valence-corrected chi connectivity index (χ3v) is 5.84. The Morgan fingerprint density at radius 3 is 2.80 bits per heavy atom. The Balaban J connectivity index is 1.22. The van der Waals surface area contributed by atoms with Crippen LogP contribution in [-0.4, -0.2) is 65.3 Å². The van der Waals surface area contributed by atoms with Crippen LogP contribution >= 0.6 is 0 Å². The molecule has 2 aliphatic rings. The number of ether oxygens (including phenoxy) is 1. The van der Waals surface area contributed by atoms with Crippen LogP contribution in [0.5, 0.6) is 0 Å². The summed E-state index contributed by atoms with van der Waals surface area (Å²) >= 11 is 0. The van der Waals surface area contributed by atoms with Gasteiger partial charge in [-0.15, -0.1) is 0 Å². The second kappa shape index (κ2) is 8.31. The maximum atomic E-state index is 12.8. The van der Waals surface area contributed by atoms with E-state index in [2.05, 4.69) is 20.2 Å². The van der Waals surface area contributed by atoms with Gasteiger partial charge >= 0.3 is 6.03 Å². The molecule has 8 nitrogen and oxygen atoms in total. The number of hydrogen-bond donors (Lipinski definition) is 2. The van der Waals surface area contributed by atoms with Crippen LogP contribution in [0.2, 0.25) is 0 Å². The molecule has 2 amide bonds. The Morgan fingerprint density at radius 1 is 1.13 bits per heavy atom. The van der Waals surface area contributed by atoms with Crippen molar-refractivity contribution in [1.29, 1.82) is 0 Å². The fraction of sp³-hybridized carbons (Fsp3) is 0.409. The van der Waals surface area contributed by atoms with Gasteiger partial charge in [0.05, 0.1) is 36.1 Å². The second-order valence-corrected chi connectivity index (χ2v) is 7.86. The van der Waals surface area contributed by atoms with E-state index in [1.165, 1.54) is 0 Å². The zero-order valence-corrected chi connectivity index (χ0v) is 16.9. The molecular formula is C22H26N6O2. The Bertz CT molecular complexity index is 979. The van der Waals surface area contributed by atoms with Crippen LogP contribution in [0.25, 0.3) is 11.0 Å². The van der Waals surface area contributed by atoms with Crippen LogP contribution in [0.3, 0.4) is 0 Å². The molecule has 30 heavy (non-hydrogen) atoms. The molecule has 0 bridgehead atoms. The number of fused-ring (bicyclic) bond motifs is 1. The molecule has 0 radical (unpaired) electrons. The molecule has 0 aliphatic carbocycles. The molecule has 5 rings (SSSR count). The maximum Gasteiger partial charge on any atom is 0.321 e. The molecule has 3 aromatic rings. The molecule has 2 aliphatic heterocycles. The first kappa shape index (κ1) is 18.9. The molecule has 0 spiro atoms. The molecule has 2 N–H and O–H groups in total. The number of nitrogens with one attached hydrogen (secondary N) is 2. The van der Waals surface area contributed by atoms with Gasteiger partial charge in [0.25, 0.3) is 0 Å². The number of imidazole rings is 1. The van der Waals surface area contributed by atoms with Crippen LogP contribution in [0.15, 0.2) is 42.6 Å². The van der Waals surface area contributed by atoms with Crippen molar-refractivity contribution >= 4 is 28.6 Å². The van der Waals surface area contributed by atoms with Crippen molar-refractivity contribution in [3.05, 3.63) is 48.4 Å². The second-order valence-electron chi connectivity index (χ2n) is 7.86. The van der Waals surface area contributed by atoms with Crippen molar-refractivity contribution in [3.8, 4) is 0 Å². The highest BCUT2D eigenvalue weighted by Gasteiger charge is 2.27. The molecule has 2 aromatic heterocycles. The third-order valence-electron chi connectivity index (χ3n) is 5.84. The molecule has 0 saturated carbocycles. The summed E-state index contributed by atoms with van der Waals surface area (Å²) in [6.45, 7) is 4.54. The fourth-order valence-corrected chi connectivity index (χ4v) is 4.19. The Morgan fingerprint density at radius 2 is 2.00 bits per heavy atom. The average Bonchev–Trinajstić information content (AvgIpc) is 3.25. The molecular weight excluding hydrogens is 380 g/mol. The zero-order valence-electron chi connectivity index (χ0n) is 16.9. The van der Waals surface area contributed by atoms with Gasteiger partial charge in [-0.3, -0.25) is 0 Å². The van der Waals surface area contributed by atoms with E-state index in [0.717, 1.165) is 68.4 Å². The van der Waals surface area contributed by atoms with Gasteiger partial charge < -0.3 is 24.8 Å². The SMILES string of the molecule is O=C(Nc1ccc(N2CCOCC2)nc1)N1CCC[C@H](c2nc3ccccc3[nH]2)C1. The number of carbonyl (C=O) groups excluding carboxylic acids is 1. The van der Waals surface area contributed by atoms with Crippen LogP contribution in [0.4, 0.5) is 16.3 Å². The average molecular weight is 406 g/mol. The number of morpholine rings is 1. The molecule has 8 heteroatoms. The number of anilines is 2. The summed E-state index contributed by atoms with van der Waals surface area (Å²) in [7, 11) is 0. The molecule has 1 atom stereocenters. The first-order valence-electron chi connectivity index (χ1n) is 10.6. The van der Waals surface area contributed by atoms with Gasteiger partial charge in [-0.2, -0.15) is 0 Å². The molecule has 156 valence electrons. The standard InChI is InChI=1S/C22H26N6O2/c29-22(24-17-7-8-20(23-14-17)27-10-12-30-13-11-27)28-9-3-4-16(15-28)21-25-18-5-1-2-6-19(18)26-21/h1-2,5-8,14,16H,3-4,9-13,15H2,(H,24,29)(H,25,26)/t16-/m0/s1. The van der Waals surface area contributed by atoms with E-state index in [4.69, 9.17) is 9.72 Å². The van der Waals surface area contributed by atoms with Crippen molar-refractivity contribution < 1.29 is 9.53 Å². The smallest absolute Gasteiger partial charge is 0.321 e. The summed E-state index contributed by atoms with van der Waals surface area (Å²) in [5.41, 5.74) is 2.73. The number of aromatic nitrogens is 3. The zero-order chi connectivity index (χ0) is 20.3. The highest BCUT2D eigenvalue weighted by atomic mass is 16.5. The number of pyridine rings is 1. The van der Waals surface area contributed by atoms with E-state index < -0.39 is 0 Å². The number of rotatable bonds is 3. The number of nitrogens with zero attached hydrogens (tertiary/aromatic N) is 4. The van der Waals surface area contributed by atoms with Gasteiger partial charge in [-0.25, -0.2) is 14.8 Å². The lowest BCUT2D eigenvalue weighted by Crippen LogP contribution is -2.41. The molecule has 0 unspecified atom stereocenters. The normalized spacial score (nSPS) is 19.8. The first-order chi connectivity index (χ1) is 14.8. The van der Waals surface area contributed by atoms with E-state index in [0.29, 0.717) is 12.2 Å². The Labute approximate surface area is 175 Å². The highest BCUT2D eigenvalue weighted by molar-refractivity contribution is 5.89. The van der Waals surface area contributed by atoms with Gasteiger partial charge in [0.2, 0.25) is 0 Å². The third kappa shape index (κ3) is 3.95. The molecule has 4 heterocycles. The predicted octanol–water partition coefficient (Wildman–Crippen LogP) is 3.21. The van der Waals surface area contributed by atoms with E-state index >= 15 is 0 Å². The number of H-pyrrole nitrogens is 1. The number of urea groups is 1. The summed E-state index contributed by atoms with van der Waals surface area (Å²) in [6.07, 6.45) is 3.71. The van der Waals surface area contributed by atoms with Crippen LogP contribution < -0.4 is 10.2 Å². The number of para-hydroxylation sites is 2. The van der Waals surface area contributed by atoms with Crippen LogP contribution in [0.1, 0.15) is 24.6 Å². The Hall–Kier alpha value is -3.13. The van der Waals surface area contributed by atoms with E-state index in [1.54, 1.807) is 6.20 Å². The number of piperidine rings is 1. The van der Waals surface area contributed by atoms with Gasteiger partial charge in [0.15, 0.2) is 0 Å². The van der Waals surface area contributed by atoms with Crippen molar-refractivity contribution in [1.82, 2.24) is 19.9 Å². The van der Waals surface area contributed by atoms with Gasteiger partial charge in [-0.1, -0.05) is 12.1 Å². The van der Waals surface area contributed by atoms with Gasteiger partial charge in [0, 0.05) is 32.1 Å². The lowest BCUT2D eigenvalue weighted by Gasteiger charge is -2.32. The number of amides is 2. The first-order valence-corrected chi connectivity index (χ1v) is 10.6. The van der Waals surface area contributed by atoms with E-state index in [-0.39, 0.29) is 11.9 Å². The minimum atomic E-state index is -0.0864. The summed E-state index contributed by atoms with van der Waals surface area (Å²) in [6, 6.07) is 11.8. The summed E-state index contributed by atoms with van der Waals surface area (Å²) in [4.78, 5) is 29.6. The number of likely N-dealkylation sites (tertiary alicyclic amines) is 1. The number of hydrogen-bond acceptors (Lipinski definition) is 5. The number of benzene rings is 1. The van der Waals surface area contributed by atoms with Crippen LogP contribution in [0, 0.1) is 0 Å². The summed E-state index contributed by atoms with van der Waals surface area (Å²) in [5.74, 6) is 2.10. The van der Waals surface area contributed by atoms with Crippen molar-refractivity contribution in [2.75, 3.05) is 49.6 Å². The van der Waals surface area contributed by atoms with Gasteiger partial charge in [-0.05, 0) is 37.1 Å². The Kier molecular flexibility index (Phi) is 5.23. The number of aromatic amines is 1. The lowest BCUT2D eigenvalue weighted by molar-refractivity contribution is 0.122. The monoisotopic (exact) mass is 406 g/mol. The van der Waals surface area contributed by atoms with E-state index in [9.17, 15) is 4.79 Å². The molecule has 2 fully saturated rings. The lowest BCUT2D eigenvalue weighted by atomic mass is 9.97. The minimum Gasteiger partial charge on any atom is -0.378 e. The summed E-state index contributed by atoms with van der Waals surface area (Å²) < 4.78 is 5.38. The largest absolute Gasteiger partial charge is 0.378 e. The van der Waals surface area contributed by atoms with Crippen molar-refractivity contribution in [2.24, 2.45) is 0 Å². The highest BCUT2D eigenvalue weighted by Crippen LogP contribution is 2.27. The minimum absolute atomic E-state index is 0.0864. The summed E-state index contributed by atoms with van der Waals surface area (Å²) in [5, 5.41) is 2.99. The van der Waals surface area contributed by atoms with E-state index in [1.807, 2.05) is 41.3 Å². The van der Waals surface area contributed by atoms with Crippen molar-refractivity contribution in [3.63, 3.8) is 0 Å². The topological polar surface area (TPSA) is 86.4 Å².